The fourth-order valence-corrected chi connectivity index (χ4v) is 5.15. The number of unbranched alkanes of at least 4 members (excludes halogenated alkanes) is 8. The van der Waals surface area contributed by atoms with Gasteiger partial charge >= 0.3 is 5.97 Å². The molecule has 2 aromatic carbocycles. The number of hydrogen-bond donors (Lipinski definition) is 1. The van der Waals surface area contributed by atoms with Gasteiger partial charge in [0.1, 0.15) is 11.2 Å². The molecule has 2 aromatic rings. The molecule has 208 valence electrons. The van der Waals surface area contributed by atoms with Gasteiger partial charge in [0.15, 0.2) is 11.3 Å². The van der Waals surface area contributed by atoms with Crippen molar-refractivity contribution in [3.05, 3.63) is 53.4 Å². The first-order valence-electron chi connectivity index (χ1n) is 14.8. The highest BCUT2D eigenvalue weighted by atomic mass is 16.5. The molecule has 0 radical (unpaired) electrons. The monoisotopic (exact) mass is 529 g/mol. The van der Waals surface area contributed by atoms with Gasteiger partial charge < -0.3 is 14.5 Å². The van der Waals surface area contributed by atoms with Crippen molar-refractivity contribution in [2.45, 2.75) is 85.0 Å². The van der Waals surface area contributed by atoms with Gasteiger partial charge in [-0.2, -0.15) is 0 Å². The lowest BCUT2D eigenvalue weighted by Gasteiger charge is -2.13. The summed E-state index contributed by atoms with van der Waals surface area (Å²) in [5, 5.41) is 6.58. The first-order valence-corrected chi connectivity index (χ1v) is 14.8. The lowest BCUT2D eigenvalue weighted by atomic mass is 10.0. The van der Waals surface area contributed by atoms with Crippen LogP contribution in [0.15, 0.2) is 51.9 Å². The second kappa shape index (κ2) is 14.7. The molecule has 0 saturated carbocycles. The summed E-state index contributed by atoms with van der Waals surface area (Å²) in [6.07, 6.45) is 11.1. The van der Waals surface area contributed by atoms with Crippen molar-refractivity contribution in [3.8, 4) is 11.5 Å². The predicted octanol–water partition coefficient (Wildman–Crippen LogP) is 8.19. The summed E-state index contributed by atoms with van der Waals surface area (Å²) in [5.41, 5.74) is 4.77. The van der Waals surface area contributed by atoms with Crippen LogP contribution in [0.5, 0.6) is 0 Å². The number of carbonyl (C=O) groups is 1. The number of ether oxygens (including phenoxy) is 1. The number of anilines is 1. The molecule has 6 nitrogen and oxygen atoms in total. The van der Waals surface area contributed by atoms with E-state index in [0.717, 1.165) is 82.3 Å². The molecule has 0 bridgehead atoms. The molecule has 0 saturated heterocycles. The Morgan fingerprint density at radius 2 is 1.62 bits per heavy atom. The van der Waals surface area contributed by atoms with E-state index in [1.165, 1.54) is 38.5 Å². The van der Waals surface area contributed by atoms with E-state index in [4.69, 9.17) is 19.1 Å². The quantitative estimate of drug-likeness (QED) is 0.0727. The average molecular weight is 530 g/mol. The Morgan fingerprint density at radius 1 is 0.923 bits per heavy atom. The van der Waals surface area contributed by atoms with E-state index in [2.05, 4.69) is 61.6 Å². The number of nitrogens with one attached hydrogen (secondary N) is 1. The highest BCUT2D eigenvalue weighted by molar-refractivity contribution is 5.96. The van der Waals surface area contributed by atoms with Crippen LogP contribution in [0.4, 0.5) is 5.69 Å². The number of benzene rings is 3. The number of rotatable bonds is 15. The van der Waals surface area contributed by atoms with E-state index in [1.807, 2.05) is 6.92 Å². The molecule has 0 unspecified atom stereocenters. The second-order valence-electron chi connectivity index (χ2n) is 10.3. The molecular formula is C33H43N3O3. The third-order valence-electron chi connectivity index (χ3n) is 7.21. The number of aromatic nitrogens is 1. The maximum atomic E-state index is 11.4. The topological polar surface area (TPSA) is 76.7 Å². The van der Waals surface area contributed by atoms with Crippen LogP contribution in [0.3, 0.4) is 0 Å². The second-order valence-corrected chi connectivity index (χ2v) is 10.3. The van der Waals surface area contributed by atoms with Crippen LogP contribution in [-0.4, -0.2) is 30.6 Å². The Balaban J connectivity index is 1.33. The van der Waals surface area contributed by atoms with E-state index in [-0.39, 0.29) is 5.97 Å². The molecule has 0 spiro atoms. The van der Waals surface area contributed by atoms with E-state index in [9.17, 15) is 4.79 Å². The molecule has 1 N–H and O–H groups in total. The summed E-state index contributed by atoms with van der Waals surface area (Å²) < 4.78 is 11.4. The van der Waals surface area contributed by atoms with Crippen molar-refractivity contribution in [2.75, 3.05) is 25.0 Å². The maximum absolute atomic E-state index is 11.4. The third kappa shape index (κ3) is 7.81. The minimum Gasteiger partial charge on any atom is -0.466 e. The van der Waals surface area contributed by atoms with Crippen molar-refractivity contribution < 1.29 is 13.9 Å². The lowest BCUT2D eigenvalue weighted by molar-refractivity contribution is -0.143. The molecule has 4 rings (SSSR count). The van der Waals surface area contributed by atoms with Crippen molar-refractivity contribution in [3.63, 3.8) is 0 Å². The summed E-state index contributed by atoms with van der Waals surface area (Å²) in [6.45, 7) is 8.20. The van der Waals surface area contributed by atoms with Gasteiger partial charge in [0.2, 0.25) is 0 Å². The normalized spacial score (nSPS) is 12.0. The molecule has 39 heavy (non-hydrogen) atoms. The van der Waals surface area contributed by atoms with Gasteiger partial charge in [0.05, 0.1) is 12.0 Å². The summed E-state index contributed by atoms with van der Waals surface area (Å²) in [4.78, 5) is 21.4. The highest BCUT2D eigenvalue weighted by Crippen LogP contribution is 2.32. The molecule has 0 amide bonds. The third-order valence-corrected chi connectivity index (χ3v) is 7.21. The number of esters is 1. The van der Waals surface area contributed by atoms with Gasteiger partial charge in [-0.3, -0.25) is 9.79 Å². The number of nitrogens with zero attached hydrogens (tertiary/aromatic N) is 2. The first kappa shape index (κ1) is 28.6. The van der Waals surface area contributed by atoms with Gasteiger partial charge in [-0.25, -0.2) is 4.98 Å². The molecular weight excluding hydrogens is 486 g/mol. The SMILES string of the molecule is CCNc1cc2oc3cc(=NCCCCCCCCCCCC(=O)OCC)c4ccccc4c-3nc2cc1C. The largest absolute Gasteiger partial charge is 0.466 e. The van der Waals surface area contributed by atoms with Gasteiger partial charge in [0, 0.05) is 48.1 Å². The summed E-state index contributed by atoms with van der Waals surface area (Å²) in [6, 6.07) is 14.6. The zero-order valence-electron chi connectivity index (χ0n) is 23.9. The van der Waals surface area contributed by atoms with Crippen molar-refractivity contribution in [1.29, 1.82) is 0 Å². The Kier molecular flexibility index (Phi) is 10.8. The Morgan fingerprint density at radius 3 is 2.33 bits per heavy atom. The van der Waals surface area contributed by atoms with E-state index < -0.39 is 0 Å². The molecule has 6 heteroatoms. The van der Waals surface area contributed by atoms with Crippen LogP contribution in [0.2, 0.25) is 0 Å². The van der Waals surface area contributed by atoms with Crippen LogP contribution >= 0.6 is 0 Å². The molecule has 1 aliphatic heterocycles. The van der Waals surface area contributed by atoms with Crippen LogP contribution in [-0.2, 0) is 9.53 Å². The predicted molar refractivity (Wildman–Crippen MR) is 160 cm³/mol. The van der Waals surface area contributed by atoms with E-state index in [1.54, 1.807) is 0 Å². The molecule has 2 aliphatic rings. The van der Waals surface area contributed by atoms with Gasteiger partial charge in [-0.15, -0.1) is 0 Å². The Labute approximate surface area is 232 Å². The first-order chi connectivity index (χ1) is 19.1. The van der Waals surface area contributed by atoms with Crippen LogP contribution in [0, 0.1) is 6.92 Å². The van der Waals surface area contributed by atoms with Gasteiger partial charge in [0.25, 0.3) is 0 Å². The summed E-state index contributed by atoms with van der Waals surface area (Å²) in [7, 11) is 0. The van der Waals surface area contributed by atoms with Gasteiger partial charge in [-0.1, -0.05) is 69.2 Å². The number of carbonyl (C=O) groups excluding carboxylic acids is 1. The average Bonchev–Trinajstić information content (AvgIpc) is 2.93. The van der Waals surface area contributed by atoms with E-state index in [0.29, 0.717) is 13.0 Å². The highest BCUT2D eigenvalue weighted by Gasteiger charge is 2.15. The Bertz CT molecular complexity index is 1410. The molecule has 0 aromatic heterocycles. The molecule has 0 fully saturated rings. The standard InChI is InChI=1S/C33H43N3O3/c1-4-34-27-22-30-29(21-24(27)3)36-33-26-18-15-14-17-25(26)28(23-31(33)39-30)35-20-16-12-10-8-6-7-9-11-13-19-32(37)38-5-2/h14-15,17-18,21-23,34H,4-13,16,19-20H2,1-3H3. The fourth-order valence-electron chi connectivity index (χ4n) is 5.15. The summed E-state index contributed by atoms with van der Waals surface area (Å²) in [5.74, 6) is 0.710. The maximum Gasteiger partial charge on any atom is 0.305 e. The van der Waals surface area contributed by atoms with Gasteiger partial charge in [-0.05, 0) is 45.2 Å². The lowest BCUT2D eigenvalue weighted by Crippen LogP contribution is -2.08. The fraction of sp³-hybridized carbons (Fsp3) is 0.485. The zero-order valence-corrected chi connectivity index (χ0v) is 23.9. The Hall–Kier alpha value is -3.41. The molecule has 0 atom stereocenters. The minimum atomic E-state index is -0.0622. The van der Waals surface area contributed by atoms with Crippen LogP contribution in [0.25, 0.3) is 33.3 Å². The van der Waals surface area contributed by atoms with Crippen molar-refractivity contribution in [1.82, 2.24) is 4.98 Å². The van der Waals surface area contributed by atoms with Crippen molar-refractivity contribution in [2.24, 2.45) is 4.99 Å². The smallest absolute Gasteiger partial charge is 0.305 e. The number of aryl methyl sites for hydroxylation is 1. The number of hydrogen-bond acceptors (Lipinski definition) is 6. The summed E-state index contributed by atoms with van der Waals surface area (Å²) >= 11 is 0. The zero-order chi connectivity index (χ0) is 27.5. The van der Waals surface area contributed by atoms with Crippen LogP contribution < -0.4 is 10.7 Å². The van der Waals surface area contributed by atoms with Crippen molar-refractivity contribution >= 4 is 33.5 Å². The minimum absolute atomic E-state index is 0.0622. The number of fused-ring (bicyclic) bond motifs is 4. The van der Waals surface area contributed by atoms with Crippen LogP contribution in [0.1, 0.15) is 83.6 Å². The van der Waals surface area contributed by atoms with E-state index >= 15 is 0 Å². The molecule has 1 aliphatic carbocycles. The molecule has 1 heterocycles.